The van der Waals surface area contributed by atoms with Crippen LogP contribution in [-0.4, -0.2) is 30.8 Å². The summed E-state index contributed by atoms with van der Waals surface area (Å²) < 4.78 is 13.1. The third-order valence-electron chi connectivity index (χ3n) is 5.62. The SMILES string of the molecule is CNC(=O)OCc1c(COC(=O)NC)c(-c2ccc(Cl)cc2)n2c1Cc1ccccc1C2. The summed E-state index contributed by atoms with van der Waals surface area (Å²) in [5.74, 6) is 0. The summed E-state index contributed by atoms with van der Waals surface area (Å²) in [7, 11) is 3.03. The molecule has 2 heterocycles. The van der Waals surface area contributed by atoms with Gasteiger partial charge in [0.2, 0.25) is 0 Å². The van der Waals surface area contributed by atoms with Crippen LogP contribution in [0.2, 0.25) is 5.02 Å². The van der Waals surface area contributed by atoms with Gasteiger partial charge in [0.1, 0.15) is 13.2 Å². The van der Waals surface area contributed by atoms with Crippen LogP contribution >= 0.6 is 11.6 Å². The van der Waals surface area contributed by atoms with Crippen LogP contribution in [0, 0.1) is 0 Å². The van der Waals surface area contributed by atoms with Crippen molar-refractivity contribution in [2.45, 2.75) is 26.2 Å². The van der Waals surface area contributed by atoms with Crippen molar-refractivity contribution in [3.05, 3.63) is 81.5 Å². The highest BCUT2D eigenvalue weighted by atomic mass is 35.5. The van der Waals surface area contributed by atoms with Crippen LogP contribution in [0.4, 0.5) is 9.59 Å². The third kappa shape index (κ3) is 4.29. The molecular formula is C24H24ClN3O4. The first-order valence-electron chi connectivity index (χ1n) is 10.3. The lowest BCUT2D eigenvalue weighted by molar-refractivity contribution is 0.134. The number of carbonyl (C=O) groups excluding carboxylic acids is 2. The van der Waals surface area contributed by atoms with E-state index < -0.39 is 12.2 Å². The van der Waals surface area contributed by atoms with E-state index in [1.807, 2.05) is 36.4 Å². The number of ether oxygens (including phenoxy) is 2. The van der Waals surface area contributed by atoms with E-state index in [0.717, 1.165) is 28.1 Å². The fraction of sp³-hybridized carbons (Fsp3) is 0.250. The lowest BCUT2D eigenvalue weighted by Gasteiger charge is -2.22. The van der Waals surface area contributed by atoms with Gasteiger partial charge >= 0.3 is 12.2 Å². The lowest BCUT2D eigenvalue weighted by Crippen LogP contribution is -2.21. The molecule has 0 unspecified atom stereocenters. The average Bonchev–Trinajstić information content (AvgIpc) is 3.11. The van der Waals surface area contributed by atoms with Crippen LogP contribution in [0.5, 0.6) is 0 Å². The van der Waals surface area contributed by atoms with Crippen molar-refractivity contribution in [2.75, 3.05) is 14.1 Å². The Morgan fingerprint density at radius 3 is 2.12 bits per heavy atom. The zero-order chi connectivity index (χ0) is 22.7. The summed E-state index contributed by atoms with van der Waals surface area (Å²) in [4.78, 5) is 23.7. The minimum absolute atomic E-state index is 0.0421. The van der Waals surface area contributed by atoms with E-state index in [4.69, 9.17) is 21.1 Å². The maximum Gasteiger partial charge on any atom is 0.407 e. The topological polar surface area (TPSA) is 81.6 Å². The van der Waals surface area contributed by atoms with Gasteiger partial charge in [-0.2, -0.15) is 0 Å². The average molecular weight is 454 g/mol. The molecule has 0 radical (unpaired) electrons. The summed E-state index contributed by atoms with van der Waals surface area (Å²) in [6, 6.07) is 15.8. The van der Waals surface area contributed by atoms with E-state index in [9.17, 15) is 9.59 Å². The first-order chi connectivity index (χ1) is 15.5. The van der Waals surface area contributed by atoms with Gasteiger partial charge in [-0.25, -0.2) is 9.59 Å². The van der Waals surface area contributed by atoms with Crippen molar-refractivity contribution < 1.29 is 19.1 Å². The Bertz CT molecular complexity index is 1150. The van der Waals surface area contributed by atoms with Gasteiger partial charge in [0.25, 0.3) is 0 Å². The maximum absolute atomic E-state index is 11.9. The van der Waals surface area contributed by atoms with Gasteiger partial charge < -0.3 is 24.7 Å². The number of rotatable bonds is 5. The number of hydrogen-bond donors (Lipinski definition) is 2. The molecule has 0 bridgehead atoms. The monoisotopic (exact) mass is 453 g/mol. The van der Waals surface area contributed by atoms with Crippen LogP contribution in [-0.2, 0) is 35.7 Å². The smallest absolute Gasteiger partial charge is 0.407 e. The van der Waals surface area contributed by atoms with Crippen LogP contribution in [0.25, 0.3) is 11.3 Å². The molecule has 0 spiro atoms. The van der Waals surface area contributed by atoms with Crippen LogP contribution < -0.4 is 10.6 Å². The molecule has 2 N–H and O–H groups in total. The molecule has 2 amide bonds. The van der Waals surface area contributed by atoms with Crippen LogP contribution in [0.15, 0.2) is 48.5 Å². The molecule has 32 heavy (non-hydrogen) atoms. The van der Waals surface area contributed by atoms with E-state index in [0.29, 0.717) is 18.0 Å². The van der Waals surface area contributed by atoms with Crippen LogP contribution in [0.1, 0.15) is 27.9 Å². The molecule has 3 aromatic rings. The highest BCUT2D eigenvalue weighted by Gasteiger charge is 2.28. The minimum Gasteiger partial charge on any atom is -0.445 e. The standard InChI is InChI=1S/C24H24ClN3O4/c1-26-23(29)31-13-19-20(14-32-24(30)27-2)22(15-7-9-18(25)10-8-15)28-12-17-6-4-3-5-16(17)11-21(19)28/h3-10H,11-14H2,1-2H3,(H,26,29)(H,27,30). The van der Waals surface area contributed by atoms with Gasteiger partial charge in [-0.1, -0.05) is 48.0 Å². The van der Waals surface area contributed by atoms with Gasteiger partial charge in [-0.3, -0.25) is 0 Å². The third-order valence-corrected chi connectivity index (χ3v) is 5.87. The number of aromatic nitrogens is 1. The molecule has 1 aromatic heterocycles. The quantitative estimate of drug-likeness (QED) is 0.467. The van der Waals surface area contributed by atoms with Crippen molar-refractivity contribution in [3.63, 3.8) is 0 Å². The fourth-order valence-corrected chi connectivity index (χ4v) is 4.20. The Morgan fingerprint density at radius 1 is 0.906 bits per heavy atom. The maximum atomic E-state index is 11.9. The second-order valence-electron chi connectivity index (χ2n) is 7.44. The molecule has 166 valence electrons. The highest BCUT2D eigenvalue weighted by molar-refractivity contribution is 6.30. The molecule has 2 aromatic carbocycles. The van der Waals surface area contributed by atoms with Crippen molar-refractivity contribution >= 4 is 23.8 Å². The van der Waals surface area contributed by atoms with Gasteiger partial charge in [-0.15, -0.1) is 0 Å². The molecule has 4 rings (SSSR count). The normalized spacial score (nSPS) is 11.8. The molecule has 1 aliphatic heterocycles. The Kier molecular flexibility index (Phi) is 6.37. The minimum atomic E-state index is -0.530. The fourth-order valence-electron chi connectivity index (χ4n) is 4.07. The first-order valence-corrected chi connectivity index (χ1v) is 10.6. The largest absolute Gasteiger partial charge is 0.445 e. The second kappa shape index (κ2) is 9.36. The first kappa shape index (κ1) is 21.8. The predicted octanol–water partition coefficient (Wildman–Crippen LogP) is 4.47. The predicted molar refractivity (Wildman–Crippen MR) is 122 cm³/mol. The Balaban J connectivity index is 1.87. The summed E-state index contributed by atoms with van der Waals surface area (Å²) in [6.07, 6.45) is -0.367. The Morgan fingerprint density at radius 2 is 1.50 bits per heavy atom. The second-order valence-corrected chi connectivity index (χ2v) is 7.88. The van der Waals surface area contributed by atoms with Gasteiger partial charge in [0, 0.05) is 48.9 Å². The Labute approximate surface area is 191 Å². The number of nitrogens with zero attached hydrogens (tertiary/aromatic N) is 1. The van der Waals surface area contributed by atoms with Gasteiger partial charge in [0.15, 0.2) is 0 Å². The molecular weight excluding hydrogens is 430 g/mol. The van der Waals surface area contributed by atoms with Crippen molar-refractivity contribution in [1.82, 2.24) is 15.2 Å². The lowest BCUT2D eigenvalue weighted by atomic mass is 9.97. The van der Waals surface area contributed by atoms with Gasteiger partial charge in [0.05, 0.1) is 5.69 Å². The molecule has 0 fully saturated rings. The van der Waals surface area contributed by atoms with E-state index in [1.165, 1.54) is 25.2 Å². The number of nitrogens with one attached hydrogen (secondary N) is 2. The summed E-state index contributed by atoms with van der Waals surface area (Å²) in [5, 5.41) is 5.59. The van der Waals surface area contributed by atoms with Crippen molar-refractivity contribution in [2.24, 2.45) is 0 Å². The molecule has 0 atom stereocenters. The van der Waals surface area contributed by atoms with Crippen molar-refractivity contribution in [3.8, 4) is 11.3 Å². The highest BCUT2D eigenvalue weighted by Crippen LogP contribution is 2.38. The molecule has 8 heteroatoms. The summed E-state index contributed by atoms with van der Waals surface area (Å²) in [6.45, 7) is 0.772. The van der Waals surface area contributed by atoms with Crippen molar-refractivity contribution in [1.29, 1.82) is 0 Å². The zero-order valence-electron chi connectivity index (χ0n) is 17.9. The number of fused-ring (bicyclic) bond motifs is 2. The number of benzene rings is 2. The summed E-state index contributed by atoms with van der Waals surface area (Å²) >= 11 is 6.13. The number of carbonyl (C=O) groups is 2. The number of amides is 2. The van der Waals surface area contributed by atoms with E-state index >= 15 is 0 Å². The molecule has 0 saturated carbocycles. The molecule has 7 nitrogen and oxygen atoms in total. The molecule has 0 aliphatic carbocycles. The van der Waals surface area contributed by atoms with E-state index in [-0.39, 0.29) is 13.2 Å². The molecule has 1 aliphatic rings. The van der Waals surface area contributed by atoms with Gasteiger partial charge in [-0.05, 0) is 28.8 Å². The Hall–Kier alpha value is -3.45. The number of alkyl carbamates (subject to hydrolysis) is 2. The van der Waals surface area contributed by atoms with E-state index in [2.05, 4.69) is 27.3 Å². The summed E-state index contributed by atoms with van der Waals surface area (Å²) in [5.41, 5.74) is 7.00. The van der Waals surface area contributed by atoms with Crippen LogP contribution in [0.3, 0.4) is 0 Å². The van der Waals surface area contributed by atoms with E-state index in [1.54, 1.807) is 0 Å². The number of hydrogen-bond acceptors (Lipinski definition) is 4. The number of halogens is 1. The molecule has 0 saturated heterocycles. The zero-order valence-corrected chi connectivity index (χ0v) is 18.7.